The average Bonchev–Trinajstić information content (AvgIpc) is 2.83. The second-order valence-electron chi connectivity index (χ2n) is 5.33. The fourth-order valence-corrected chi connectivity index (χ4v) is 3.96. The van der Waals surface area contributed by atoms with Crippen LogP contribution in [0, 0.1) is 6.92 Å². The molecule has 0 spiro atoms. The van der Waals surface area contributed by atoms with E-state index in [1.54, 1.807) is 16.8 Å². The second kappa shape index (κ2) is 6.59. The molecule has 0 fully saturated rings. The smallest absolute Gasteiger partial charge is 0.170 e. The fraction of sp³-hybridized carbons (Fsp3) is 0.267. The first-order chi connectivity index (χ1) is 11.3. The minimum Gasteiger partial charge on any atom is -0.362 e. The third-order valence-corrected chi connectivity index (χ3v) is 4.87. The summed E-state index contributed by atoms with van der Waals surface area (Å²) in [6.45, 7) is 1.84. The topological polar surface area (TPSA) is 46.8 Å². The van der Waals surface area contributed by atoms with Crippen molar-refractivity contribution in [1.29, 1.82) is 0 Å². The highest BCUT2D eigenvalue weighted by molar-refractivity contribution is 7.98. The minimum absolute atomic E-state index is 0.409. The first kappa shape index (κ1) is 17.6. The molecular weight excluding hydrogens is 389 g/mol. The molecule has 9 heteroatoms. The predicted octanol–water partition coefficient (Wildman–Crippen LogP) is 4.87. The van der Waals surface area contributed by atoms with Gasteiger partial charge in [-0.15, -0.1) is 11.8 Å². The number of halogens is 3. The Labute approximate surface area is 158 Å². The van der Waals surface area contributed by atoms with Gasteiger partial charge in [0.05, 0.1) is 15.4 Å². The zero-order chi connectivity index (χ0) is 17.6. The number of benzene rings is 1. The molecule has 0 atom stereocenters. The van der Waals surface area contributed by atoms with Crippen molar-refractivity contribution in [2.24, 2.45) is 0 Å². The number of nitrogens with zero attached hydrogens (tertiary/aromatic N) is 5. The number of rotatable bonds is 3. The van der Waals surface area contributed by atoms with E-state index in [1.165, 1.54) is 11.8 Å². The van der Waals surface area contributed by atoms with Gasteiger partial charge in [-0.25, -0.2) is 14.6 Å². The third-order valence-electron chi connectivity index (χ3n) is 3.40. The van der Waals surface area contributed by atoms with Gasteiger partial charge in [-0.3, -0.25) is 0 Å². The molecule has 0 saturated heterocycles. The fourth-order valence-electron chi connectivity index (χ4n) is 2.44. The standard InChI is InChI=1S/C15H14Cl3N5S/c1-7-19-13(22(2)3)11-14(20-7)23(21-15(11)24-4)12-9(17)5-8(16)6-10(12)18/h5-6H,1-4H3. The molecule has 5 nitrogen and oxygen atoms in total. The van der Waals surface area contributed by atoms with E-state index in [4.69, 9.17) is 34.8 Å². The zero-order valence-corrected chi connectivity index (χ0v) is 16.5. The lowest BCUT2D eigenvalue weighted by atomic mass is 10.3. The molecule has 3 rings (SSSR count). The van der Waals surface area contributed by atoms with Crippen LogP contribution >= 0.6 is 46.6 Å². The van der Waals surface area contributed by atoms with Crippen molar-refractivity contribution in [3.63, 3.8) is 0 Å². The van der Waals surface area contributed by atoms with E-state index < -0.39 is 0 Å². The van der Waals surface area contributed by atoms with Crippen molar-refractivity contribution in [2.45, 2.75) is 11.9 Å². The number of hydrogen-bond donors (Lipinski definition) is 0. The van der Waals surface area contributed by atoms with Crippen LogP contribution in [0.3, 0.4) is 0 Å². The van der Waals surface area contributed by atoms with E-state index in [0.29, 0.717) is 32.2 Å². The van der Waals surface area contributed by atoms with Crippen LogP contribution in [0.2, 0.25) is 15.1 Å². The summed E-state index contributed by atoms with van der Waals surface area (Å²) in [4.78, 5) is 11.0. The SMILES string of the molecule is CSc1nn(-c2c(Cl)cc(Cl)cc2Cl)c2nc(C)nc(N(C)C)c12. The summed E-state index contributed by atoms with van der Waals surface area (Å²) >= 11 is 20.3. The first-order valence-electron chi connectivity index (χ1n) is 6.97. The molecule has 0 aliphatic carbocycles. The van der Waals surface area contributed by atoms with Gasteiger partial charge in [0.15, 0.2) is 5.65 Å². The van der Waals surface area contributed by atoms with E-state index in [9.17, 15) is 0 Å². The Morgan fingerprint density at radius 3 is 2.25 bits per heavy atom. The Kier molecular flexibility index (Phi) is 4.84. The molecule has 0 saturated carbocycles. The second-order valence-corrected chi connectivity index (χ2v) is 7.37. The minimum atomic E-state index is 0.409. The van der Waals surface area contributed by atoms with Crippen LogP contribution in [0.5, 0.6) is 0 Å². The highest BCUT2D eigenvalue weighted by atomic mass is 35.5. The number of aryl methyl sites for hydroxylation is 1. The molecule has 0 aliphatic rings. The zero-order valence-electron chi connectivity index (χ0n) is 13.4. The van der Waals surface area contributed by atoms with Gasteiger partial charge in [0, 0.05) is 19.1 Å². The molecule has 0 aliphatic heterocycles. The maximum Gasteiger partial charge on any atom is 0.170 e. The average molecular weight is 403 g/mol. The molecule has 2 aromatic heterocycles. The number of anilines is 1. The Hall–Kier alpha value is -1.21. The summed E-state index contributed by atoms with van der Waals surface area (Å²) in [5.74, 6) is 1.44. The van der Waals surface area contributed by atoms with Crippen LogP contribution in [-0.4, -0.2) is 40.1 Å². The molecule has 0 radical (unpaired) electrons. The van der Waals surface area contributed by atoms with Crippen molar-refractivity contribution in [1.82, 2.24) is 19.7 Å². The number of fused-ring (bicyclic) bond motifs is 1. The summed E-state index contributed by atoms with van der Waals surface area (Å²) in [6.07, 6.45) is 1.95. The van der Waals surface area contributed by atoms with Crippen LogP contribution in [0.4, 0.5) is 5.82 Å². The van der Waals surface area contributed by atoms with Crippen molar-refractivity contribution in [3.8, 4) is 5.69 Å². The van der Waals surface area contributed by atoms with E-state index >= 15 is 0 Å². The molecule has 3 aromatic rings. The number of thioether (sulfide) groups is 1. The summed E-state index contributed by atoms with van der Waals surface area (Å²) in [6, 6.07) is 3.27. The molecule has 2 heterocycles. The van der Waals surface area contributed by atoms with Gasteiger partial charge in [0.2, 0.25) is 0 Å². The Morgan fingerprint density at radius 1 is 1.08 bits per heavy atom. The molecule has 0 bridgehead atoms. The van der Waals surface area contributed by atoms with Crippen LogP contribution in [0.1, 0.15) is 5.82 Å². The van der Waals surface area contributed by atoms with Crippen LogP contribution in [0.15, 0.2) is 17.2 Å². The first-order valence-corrected chi connectivity index (χ1v) is 9.33. The lowest BCUT2D eigenvalue weighted by Crippen LogP contribution is -2.12. The summed E-state index contributed by atoms with van der Waals surface area (Å²) < 4.78 is 1.66. The largest absolute Gasteiger partial charge is 0.362 e. The lowest BCUT2D eigenvalue weighted by Gasteiger charge is -2.14. The molecule has 1 aromatic carbocycles. The Balaban J connectivity index is 2.43. The van der Waals surface area contributed by atoms with E-state index in [1.807, 2.05) is 32.2 Å². The number of hydrogen-bond acceptors (Lipinski definition) is 5. The van der Waals surface area contributed by atoms with Crippen LogP contribution < -0.4 is 4.90 Å². The molecule has 126 valence electrons. The Bertz CT molecular complexity index is 915. The normalized spacial score (nSPS) is 11.3. The maximum absolute atomic E-state index is 6.37. The van der Waals surface area contributed by atoms with Crippen LogP contribution in [-0.2, 0) is 0 Å². The Morgan fingerprint density at radius 2 is 1.71 bits per heavy atom. The molecule has 24 heavy (non-hydrogen) atoms. The van der Waals surface area contributed by atoms with Gasteiger partial charge in [-0.05, 0) is 25.3 Å². The monoisotopic (exact) mass is 401 g/mol. The molecule has 0 N–H and O–H groups in total. The van der Waals surface area contributed by atoms with Crippen molar-refractivity contribution in [3.05, 3.63) is 33.0 Å². The molecule has 0 amide bonds. The van der Waals surface area contributed by atoms with Gasteiger partial charge in [0.1, 0.15) is 22.4 Å². The van der Waals surface area contributed by atoms with Crippen LogP contribution in [0.25, 0.3) is 16.7 Å². The highest BCUT2D eigenvalue weighted by Gasteiger charge is 2.22. The van der Waals surface area contributed by atoms with Gasteiger partial charge < -0.3 is 4.90 Å². The molecular formula is C15H14Cl3N5S. The van der Waals surface area contributed by atoms with E-state index in [0.717, 1.165) is 16.2 Å². The summed E-state index contributed by atoms with van der Waals surface area (Å²) in [7, 11) is 3.87. The maximum atomic E-state index is 6.37. The van der Waals surface area contributed by atoms with Crippen molar-refractivity contribution in [2.75, 3.05) is 25.3 Å². The van der Waals surface area contributed by atoms with Gasteiger partial charge in [-0.1, -0.05) is 34.8 Å². The van der Waals surface area contributed by atoms with Gasteiger partial charge in [0.25, 0.3) is 0 Å². The predicted molar refractivity (Wildman–Crippen MR) is 103 cm³/mol. The summed E-state index contributed by atoms with van der Waals surface area (Å²) in [5.41, 5.74) is 1.21. The van der Waals surface area contributed by atoms with Crippen molar-refractivity contribution < 1.29 is 0 Å². The molecule has 0 unspecified atom stereocenters. The number of aromatic nitrogens is 4. The third kappa shape index (κ3) is 2.92. The highest BCUT2D eigenvalue weighted by Crippen LogP contribution is 2.37. The quantitative estimate of drug-likeness (QED) is 0.585. The lowest BCUT2D eigenvalue weighted by molar-refractivity contribution is 0.849. The van der Waals surface area contributed by atoms with Crippen molar-refractivity contribution >= 4 is 63.4 Å². The summed E-state index contributed by atoms with van der Waals surface area (Å²) in [5, 5.41) is 7.60. The van der Waals surface area contributed by atoms with E-state index in [2.05, 4.69) is 15.1 Å². The van der Waals surface area contributed by atoms with E-state index in [-0.39, 0.29) is 0 Å². The van der Waals surface area contributed by atoms with Gasteiger partial charge in [-0.2, -0.15) is 5.10 Å². The van der Waals surface area contributed by atoms with Gasteiger partial charge >= 0.3 is 0 Å².